The van der Waals surface area contributed by atoms with Crippen LogP contribution in [0.3, 0.4) is 0 Å². The Morgan fingerprint density at radius 1 is 1.29 bits per heavy atom. The van der Waals surface area contributed by atoms with Gasteiger partial charge >= 0.3 is 5.97 Å². The van der Waals surface area contributed by atoms with Crippen LogP contribution in [0.2, 0.25) is 0 Å². The highest BCUT2D eigenvalue weighted by atomic mass is 79.9. The van der Waals surface area contributed by atoms with Gasteiger partial charge in [0.15, 0.2) is 0 Å². The summed E-state index contributed by atoms with van der Waals surface area (Å²) in [6.45, 7) is 4.12. The molecule has 0 saturated heterocycles. The first-order valence-corrected chi connectivity index (χ1v) is 8.29. The maximum absolute atomic E-state index is 11.6. The molecule has 0 atom stereocenters. The molecule has 0 saturated carbocycles. The number of carboxylic acids is 1. The summed E-state index contributed by atoms with van der Waals surface area (Å²) in [7, 11) is 0. The summed E-state index contributed by atoms with van der Waals surface area (Å²) < 4.78 is 2.69. The number of aromatic carboxylic acids is 1. The predicted molar refractivity (Wildman–Crippen MR) is 97.9 cm³/mol. The van der Waals surface area contributed by atoms with E-state index in [1.54, 1.807) is 30.5 Å². The molecule has 0 fully saturated rings. The van der Waals surface area contributed by atoms with E-state index in [-0.39, 0.29) is 5.56 Å². The van der Waals surface area contributed by atoms with Crippen molar-refractivity contribution in [2.24, 2.45) is 0 Å². The van der Waals surface area contributed by atoms with Crippen molar-refractivity contribution in [2.45, 2.75) is 19.9 Å². The molecule has 6 heteroatoms. The molecule has 2 aromatic heterocycles. The van der Waals surface area contributed by atoms with E-state index in [0.717, 1.165) is 10.0 Å². The monoisotopic (exact) mass is 385 g/mol. The lowest BCUT2D eigenvalue weighted by Crippen LogP contribution is -2.00. The van der Waals surface area contributed by atoms with Crippen LogP contribution in [0.4, 0.5) is 0 Å². The first-order chi connectivity index (χ1) is 11.4. The van der Waals surface area contributed by atoms with Crippen LogP contribution in [-0.2, 0) is 0 Å². The average molecular weight is 386 g/mol. The van der Waals surface area contributed by atoms with Crippen LogP contribution in [0, 0.1) is 0 Å². The molecule has 3 rings (SSSR count). The Balaban J connectivity index is 2.01. The molecule has 0 spiro atoms. The number of nitrogens with zero attached hydrogens (tertiary/aromatic N) is 3. The quantitative estimate of drug-likeness (QED) is 0.709. The number of carboxylic acid groups (broad SMARTS) is 1. The third-order valence-electron chi connectivity index (χ3n) is 3.62. The van der Waals surface area contributed by atoms with Crippen molar-refractivity contribution in [1.82, 2.24) is 14.8 Å². The summed E-state index contributed by atoms with van der Waals surface area (Å²) in [5, 5.41) is 14.4. The molecule has 0 aliphatic carbocycles. The number of fused-ring (bicyclic) bond motifs is 1. The fourth-order valence-electron chi connectivity index (χ4n) is 2.38. The van der Waals surface area contributed by atoms with Gasteiger partial charge in [0.1, 0.15) is 0 Å². The molecule has 1 aromatic carbocycles. The van der Waals surface area contributed by atoms with Crippen LogP contribution in [-0.4, -0.2) is 25.8 Å². The molecular weight excluding hydrogens is 370 g/mol. The summed E-state index contributed by atoms with van der Waals surface area (Å²) in [4.78, 5) is 16.1. The minimum atomic E-state index is -0.970. The Labute approximate surface area is 147 Å². The van der Waals surface area contributed by atoms with E-state index < -0.39 is 5.97 Å². The lowest BCUT2D eigenvalue weighted by molar-refractivity contribution is 0.0699. The number of pyridine rings is 1. The summed E-state index contributed by atoms with van der Waals surface area (Å²) >= 11 is 3.37. The van der Waals surface area contributed by atoms with Gasteiger partial charge in [0.2, 0.25) is 0 Å². The second-order valence-electron chi connectivity index (χ2n) is 5.74. The standard InChI is InChI=1S/C18H16BrN3O2/c1-11(2)22-10-12(9-20-22)3-5-14-8-16(18(23)24)15-7-13(19)4-6-17(15)21-14/h3-11H,1-2H3,(H,23,24). The molecule has 0 aliphatic heterocycles. The Hall–Kier alpha value is -2.47. The molecule has 0 bridgehead atoms. The molecule has 24 heavy (non-hydrogen) atoms. The van der Waals surface area contributed by atoms with Crippen LogP contribution >= 0.6 is 15.9 Å². The van der Waals surface area contributed by atoms with E-state index in [1.165, 1.54) is 0 Å². The van der Waals surface area contributed by atoms with E-state index in [0.29, 0.717) is 22.6 Å². The molecular formula is C18H16BrN3O2. The summed E-state index contributed by atoms with van der Waals surface area (Å²) in [6.07, 6.45) is 7.39. The van der Waals surface area contributed by atoms with Crippen LogP contribution in [0.25, 0.3) is 23.1 Å². The van der Waals surface area contributed by atoms with Gasteiger partial charge in [-0.25, -0.2) is 9.78 Å². The van der Waals surface area contributed by atoms with Crippen LogP contribution in [0.1, 0.15) is 41.5 Å². The third-order valence-corrected chi connectivity index (χ3v) is 4.11. The fraction of sp³-hybridized carbons (Fsp3) is 0.167. The van der Waals surface area contributed by atoms with Crippen molar-refractivity contribution >= 4 is 45.0 Å². The van der Waals surface area contributed by atoms with Crippen molar-refractivity contribution in [2.75, 3.05) is 0 Å². The smallest absolute Gasteiger partial charge is 0.336 e. The van der Waals surface area contributed by atoms with E-state index in [4.69, 9.17) is 0 Å². The number of benzene rings is 1. The summed E-state index contributed by atoms with van der Waals surface area (Å²) in [5.74, 6) is -0.970. The maximum Gasteiger partial charge on any atom is 0.336 e. The van der Waals surface area contributed by atoms with E-state index >= 15 is 0 Å². The van der Waals surface area contributed by atoms with Crippen LogP contribution in [0.15, 0.2) is 41.1 Å². The van der Waals surface area contributed by atoms with Crippen LogP contribution in [0.5, 0.6) is 0 Å². The second-order valence-corrected chi connectivity index (χ2v) is 6.66. The Bertz CT molecular complexity index is 945. The van der Waals surface area contributed by atoms with Crippen molar-refractivity contribution in [3.63, 3.8) is 0 Å². The lowest BCUT2D eigenvalue weighted by atomic mass is 10.1. The Morgan fingerprint density at radius 3 is 2.75 bits per heavy atom. The minimum absolute atomic E-state index is 0.235. The number of rotatable bonds is 4. The van der Waals surface area contributed by atoms with Gasteiger partial charge in [-0.15, -0.1) is 0 Å². The second kappa shape index (κ2) is 6.57. The number of hydrogen-bond donors (Lipinski definition) is 1. The van der Waals surface area contributed by atoms with Crippen molar-refractivity contribution in [1.29, 1.82) is 0 Å². The average Bonchev–Trinajstić information content (AvgIpc) is 3.01. The van der Waals surface area contributed by atoms with Crippen LogP contribution < -0.4 is 0 Å². The normalized spacial score (nSPS) is 11.7. The number of carbonyl (C=O) groups is 1. The number of halogens is 1. The number of aromatic nitrogens is 3. The zero-order valence-electron chi connectivity index (χ0n) is 13.3. The van der Waals surface area contributed by atoms with Gasteiger partial charge in [-0.1, -0.05) is 15.9 Å². The number of hydrogen-bond acceptors (Lipinski definition) is 3. The van der Waals surface area contributed by atoms with Gasteiger partial charge in [0.25, 0.3) is 0 Å². The van der Waals surface area contributed by atoms with Crippen molar-refractivity contribution in [3.8, 4) is 0 Å². The largest absolute Gasteiger partial charge is 0.478 e. The van der Waals surface area contributed by atoms with Gasteiger partial charge in [0.05, 0.1) is 23.0 Å². The molecule has 0 unspecified atom stereocenters. The van der Waals surface area contributed by atoms with E-state index in [9.17, 15) is 9.90 Å². The molecule has 3 aromatic rings. The molecule has 0 aliphatic rings. The topological polar surface area (TPSA) is 68.0 Å². The molecule has 0 amide bonds. The van der Waals surface area contributed by atoms with Gasteiger partial charge in [0, 0.05) is 27.7 Å². The highest BCUT2D eigenvalue weighted by Crippen LogP contribution is 2.23. The molecule has 2 heterocycles. The van der Waals surface area contributed by atoms with E-state index in [2.05, 4.69) is 39.9 Å². The Morgan fingerprint density at radius 2 is 2.08 bits per heavy atom. The first-order valence-electron chi connectivity index (χ1n) is 7.50. The molecule has 0 radical (unpaired) electrons. The summed E-state index contributed by atoms with van der Waals surface area (Å²) in [5.41, 5.74) is 2.42. The highest BCUT2D eigenvalue weighted by Gasteiger charge is 2.11. The molecule has 1 N–H and O–H groups in total. The van der Waals surface area contributed by atoms with Gasteiger partial charge in [-0.3, -0.25) is 4.68 Å². The Kier molecular flexibility index (Phi) is 4.49. The third kappa shape index (κ3) is 3.38. The fourth-order valence-corrected chi connectivity index (χ4v) is 2.74. The van der Waals surface area contributed by atoms with Gasteiger partial charge in [-0.2, -0.15) is 5.10 Å². The van der Waals surface area contributed by atoms with E-state index in [1.807, 2.05) is 23.0 Å². The first kappa shape index (κ1) is 16.4. The minimum Gasteiger partial charge on any atom is -0.478 e. The lowest BCUT2D eigenvalue weighted by Gasteiger charge is -2.05. The zero-order chi connectivity index (χ0) is 17.3. The van der Waals surface area contributed by atoms with Gasteiger partial charge in [-0.05, 0) is 50.3 Å². The molecule has 122 valence electrons. The summed E-state index contributed by atoms with van der Waals surface area (Å²) in [6, 6.07) is 7.30. The zero-order valence-corrected chi connectivity index (χ0v) is 14.9. The van der Waals surface area contributed by atoms with Crippen molar-refractivity contribution < 1.29 is 9.90 Å². The highest BCUT2D eigenvalue weighted by molar-refractivity contribution is 9.10. The predicted octanol–water partition coefficient (Wildman–Crippen LogP) is 4.64. The SMILES string of the molecule is CC(C)n1cc(C=Cc2cc(C(=O)O)c3cc(Br)ccc3n2)cn1. The van der Waals surface area contributed by atoms with Gasteiger partial charge < -0.3 is 5.11 Å². The van der Waals surface area contributed by atoms with Crippen molar-refractivity contribution in [3.05, 3.63) is 58.0 Å². The maximum atomic E-state index is 11.6. The molecule has 5 nitrogen and oxygen atoms in total.